The molecular formula is C18H19ClN2O2S. The lowest BCUT2D eigenvalue weighted by Gasteiger charge is -2.12. The third-order valence-corrected chi connectivity index (χ3v) is 3.58. The Morgan fingerprint density at radius 3 is 2.33 bits per heavy atom. The van der Waals surface area contributed by atoms with Crippen LogP contribution in [-0.2, 0) is 6.54 Å². The van der Waals surface area contributed by atoms with Crippen LogP contribution in [0.15, 0.2) is 48.5 Å². The van der Waals surface area contributed by atoms with Gasteiger partial charge in [0.15, 0.2) is 5.11 Å². The molecule has 0 radical (unpaired) electrons. The molecule has 2 N–H and O–H groups in total. The number of halogens is 1. The normalized spacial score (nSPS) is 10.3. The number of thiocarbonyl (C=S) groups is 1. The number of nitrogens with one attached hydrogen (secondary N) is 2. The van der Waals surface area contributed by atoms with Crippen LogP contribution in [0.1, 0.15) is 29.8 Å². The summed E-state index contributed by atoms with van der Waals surface area (Å²) in [5, 5.41) is 6.50. The van der Waals surface area contributed by atoms with Gasteiger partial charge in [0, 0.05) is 17.1 Å². The van der Waals surface area contributed by atoms with Gasteiger partial charge in [0.2, 0.25) is 0 Å². The van der Waals surface area contributed by atoms with Crippen LogP contribution in [0.3, 0.4) is 0 Å². The van der Waals surface area contributed by atoms with Crippen molar-refractivity contribution in [3.63, 3.8) is 0 Å². The second-order valence-electron chi connectivity index (χ2n) is 5.45. The van der Waals surface area contributed by atoms with Gasteiger partial charge in [0.05, 0.1) is 6.10 Å². The highest BCUT2D eigenvalue weighted by molar-refractivity contribution is 7.80. The number of carbonyl (C=O) groups is 1. The monoisotopic (exact) mass is 362 g/mol. The van der Waals surface area contributed by atoms with Crippen molar-refractivity contribution < 1.29 is 9.53 Å². The van der Waals surface area contributed by atoms with Crippen LogP contribution < -0.4 is 15.4 Å². The van der Waals surface area contributed by atoms with Gasteiger partial charge in [-0.3, -0.25) is 10.1 Å². The zero-order chi connectivity index (χ0) is 17.5. The summed E-state index contributed by atoms with van der Waals surface area (Å²) in [4.78, 5) is 12.0. The van der Waals surface area contributed by atoms with E-state index >= 15 is 0 Å². The number of carbonyl (C=O) groups excluding carboxylic acids is 1. The minimum absolute atomic E-state index is 0.143. The molecule has 0 unspecified atom stereocenters. The molecule has 2 rings (SSSR count). The van der Waals surface area contributed by atoms with Crippen molar-refractivity contribution in [2.24, 2.45) is 0 Å². The largest absolute Gasteiger partial charge is 0.491 e. The van der Waals surface area contributed by atoms with Gasteiger partial charge in [-0.15, -0.1) is 0 Å². The molecule has 0 aliphatic carbocycles. The summed E-state index contributed by atoms with van der Waals surface area (Å²) in [6.45, 7) is 4.48. The molecule has 2 aromatic rings. The summed E-state index contributed by atoms with van der Waals surface area (Å²) in [5.74, 6) is 0.553. The molecule has 0 bridgehead atoms. The first-order valence-electron chi connectivity index (χ1n) is 7.54. The molecule has 0 saturated carbocycles. The third-order valence-electron chi connectivity index (χ3n) is 3.08. The maximum absolute atomic E-state index is 12.0. The summed E-state index contributed by atoms with van der Waals surface area (Å²) < 4.78 is 5.59. The van der Waals surface area contributed by atoms with Crippen LogP contribution >= 0.6 is 23.8 Å². The van der Waals surface area contributed by atoms with Crippen molar-refractivity contribution in [3.8, 4) is 5.75 Å². The zero-order valence-electron chi connectivity index (χ0n) is 13.5. The highest BCUT2D eigenvalue weighted by atomic mass is 35.5. The minimum Gasteiger partial charge on any atom is -0.491 e. The first-order valence-corrected chi connectivity index (χ1v) is 8.33. The van der Waals surface area contributed by atoms with E-state index in [0.29, 0.717) is 17.1 Å². The van der Waals surface area contributed by atoms with Gasteiger partial charge in [-0.2, -0.15) is 0 Å². The van der Waals surface area contributed by atoms with Crippen LogP contribution in [0.4, 0.5) is 0 Å². The number of rotatable bonds is 5. The molecule has 1 amide bonds. The van der Waals surface area contributed by atoms with E-state index in [4.69, 9.17) is 28.6 Å². The van der Waals surface area contributed by atoms with Gasteiger partial charge >= 0.3 is 0 Å². The summed E-state index contributed by atoms with van der Waals surface area (Å²) in [6, 6.07) is 14.3. The molecule has 0 atom stereocenters. The van der Waals surface area contributed by atoms with Crippen LogP contribution in [0.5, 0.6) is 5.75 Å². The van der Waals surface area contributed by atoms with Gasteiger partial charge in [-0.1, -0.05) is 23.7 Å². The smallest absolute Gasteiger partial charge is 0.257 e. The standard InChI is InChI=1S/C18H19ClN2O2S/c1-12(2)23-16-9-3-13(4-10-16)11-20-18(24)21-17(22)14-5-7-15(19)8-6-14/h3-10,12H,11H2,1-2H3,(H2,20,21,22,24). The number of amides is 1. The van der Waals surface area contributed by atoms with Crippen LogP contribution in [0.2, 0.25) is 5.02 Å². The highest BCUT2D eigenvalue weighted by Crippen LogP contribution is 2.13. The second kappa shape index (κ2) is 8.66. The molecule has 0 heterocycles. The molecule has 24 heavy (non-hydrogen) atoms. The van der Waals surface area contributed by atoms with E-state index < -0.39 is 0 Å². The van der Waals surface area contributed by atoms with Gasteiger partial charge in [-0.25, -0.2) is 0 Å². The minimum atomic E-state index is -0.273. The van der Waals surface area contributed by atoms with E-state index in [9.17, 15) is 4.79 Å². The Morgan fingerprint density at radius 2 is 1.75 bits per heavy atom. The van der Waals surface area contributed by atoms with Gasteiger partial charge < -0.3 is 10.1 Å². The Morgan fingerprint density at radius 1 is 1.12 bits per heavy atom. The molecule has 0 aromatic heterocycles. The maximum atomic E-state index is 12.0. The van der Waals surface area contributed by atoms with E-state index in [1.165, 1.54) is 0 Å². The molecule has 0 aliphatic heterocycles. The molecular weight excluding hydrogens is 344 g/mol. The Kier molecular flexibility index (Phi) is 6.58. The van der Waals surface area contributed by atoms with Crippen molar-refractivity contribution in [3.05, 3.63) is 64.7 Å². The average Bonchev–Trinajstić information content (AvgIpc) is 2.54. The lowest BCUT2D eigenvalue weighted by molar-refractivity contribution is 0.0976. The molecule has 0 fully saturated rings. The second-order valence-corrected chi connectivity index (χ2v) is 6.30. The van der Waals surface area contributed by atoms with Crippen molar-refractivity contribution >= 4 is 34.8 Å². The summed E-state index contributed by atoms with van der Waals surface area (Å²) >= 11 is 10.9. The molecule has 0 aliphatic rings. The molecule has 2 aromatic carbocycles. The lowest BCUT2D eigenvalue weighted by Crippen LogP contribution is -2.38. The number of hydrogen-bond acceptors (Lipinski definition) is 3. The van der Waals surface area contributed by atoms with E-state index in [0.717, 1.165) is 11.3 Å². The predicted octanol–water partition coefficient (Wildman–Crippen LogP) is 3.93. The molecule has 126 valence electrons. The fourth-order valence-electron chi connectivity index (χ4n) is 1.96. The van der Waals surface area contributed by atoms with Gasteiger partial charge in [0.25, 0.3) is 5.91 Å². The maximum Gasteiger partial charge on any atom is 0.257 e. The van der Waals surface area contributed by atoms with Crippen molar-refractivity contribution in [1.29, 1.82) is 0 Å². The Bertz CT molecular complexity index is 700. The lowest BCUT2D eigenvalue weighted by atomic mass is 10.2. The molecule has 0 spiro atoms. The number of ether oxygens (including phenoxy) is 1. The Labute approximate surface area is 152 Å². The fraction of sp³-hybridized carbons (Fsp3) is 0.222. The van der Waals surface area contributed by atoms with Crippen LogP contribution in [0.25, 0.3) is 0 Å². The first-order chi connectivity index (χ1) is 11.4. The van der Waals surface area contributed by atoms with E-state index in [1.54, 1.807) is 24.3 Å². The SMILES string of the molecule is CC(C)Oc1ccc(CNC(=S)NC(=O)c2ccc(Cl)cc2)cc1. The zero-order valence-corrected chi connectivity index (χ0v) is 15.1. The molecule has 4 nitrogen and oxygen atoms in total. The molecule has 0 saturated heterocycles. The first kappa shape index (κ1) is 18.2. The number of benzene rings is 2. The highest BCUT2D eigenvalue weighted by Gasteiger charge is 2.07. The van der Waals surface area contributed by atoms with Gasteiger partial charge in [0.1, 0.15) is 5.75 Å². The fourth-order valence-corrected chi connectivity index (χ4v) is 2.25. The summed E-state index contributed by atoms with van der Waals surface area (Å²) in [6.07, 6.45) is 0.143. The van der Waals surface area contributed by atoms with Crippen molar-refractivity contribution in [1.82, 2.24) is 10.6 Å². The summed E-state index contributed by atoms with van der Waals surface area (Å²) in [5.41, 5.74) is 1.54. The Balaban J connectivity index is 1.82. The van der Waals surface area contributed by atoms with E-state index in [1.807, 2.05) is 38.1 Å². The average molecular weight is 363 g/mol. The Hall–Kier alpha value is -2.11. The quantitative estimate of drug-likeness (QED) is 0.791. The van der Waals surface area contributed by atoms with Crippen LogP contribution in [0, 0.1) is 0 Å². The third kappa shape index (κ3) is 5.83. The van der Waals surface area contributed by atoms with Crippen molar-refractivity contribution in [2.75, 3.05) is 0 Å². The molecule has 6 heteroatoms. The topological polar surface area (TPSA) is 50.4 Å². The van der Waals surface area contributed by atoms with E-state index in [-0.39, 0.29) is 17.1 Å². The number of hydrogen-bond donors (Lipinski definition) is 2. The van der Waals surface area contributed by atoms with Crippen molar-refractivity contribution in [2.45, 2.75) is 26.5 Å². The predicted molar refractivity (Wildman–Crippen MR) is 101 cm³/mol. The van der Waals surface area contributed by atoms with Gasteiger partial charge in [-0.05, 0) is 68.0 Å². The van der Waals surface area contributed by atoms with E-state index in [2.05, 4.69) is 10.6 Å². The van der Waals surface area contributed by atoms with Crippen LogP contribution in [-0.4, -0.2) is 17.1 Å². The summed E-state index contributed by atoms with van der Waals surface area (Å²) in [7, 11) is 0.